The Balaban J connectivity index is 1.99. The number of hydrogen-bond acceptors (Lipinski definition) is 5. The lowest BCUT2D eigenvalue weighted by atomic mass is 10.2. The Morgan fingerprint density at radius 2 is 1.96 bits per heavy atom. The summed E-state index contributed by atoms with van der Waals surface area (Å²) < 4.78 is 29.6. The normalized spacial score (nSPS) is 11.1. The molecule has 6 heteroatoms. The molecule has 0 N–H and O–H groups in total. The van der Waals surface area contributed by atoms with E-state index in [9.17, 15) is 9.18 Å². The average Bonchev–Trinajstić information content (AvgIpc) is 2.62. The predicted molar refractivity (Wildman–Crippen MR) is 88.9 cm³/mol. The van der Waals surface area contributed by atoms with Gasteiger partial charge in [0.1, 0.15) is 18.1 Å². The van der Waals surface area contributed by atoms with Crippen LogP contribution in [0, 0.1) is 17.1 Å². The van der Waals surface area contributed by atoms with Crippen LogP contribution in [0.3, 0.4) is 0 Å². The van der Waals surface area contributed by atoms with E-state index in [1.54, 1.807) is 31.2 Å². The summed E-state index contributed by atoms with van der Waals surface area (Å²) in [5, 5.41) is 8.72. The molecule has 0 saturated carbocycles. The standard InChI is InChI=1S/C19H16FNO4/c1-3-10-23-19(22)13(2)24-15-5-7-16(8-6-15)25-18-9-4-14(12-21)11-17(18)20/h3-9,11,13H,1,10H2,2H3/t13-/m1/s1. The summed E-state index contributed by atoms with van der Waals surface area (Å²) in [6, 6.07) is 12.1. The van der Waals surface area contributed by atoms with E-state index in [-0.39, 0.29) is 17.9 Å². The highest BCUT2D eigenvalue weighted by atomic mass is 19.1. The molecule has 25 heavy (non-hydrogen) atoms. The van der Waals surface area contributed by atoms with Crippen LogP contribution in [0.4, 0.5) is 4.39 Å². The number of nitrogens with zero attached hydrogens (tertiary/aromatic N) is 1. The minimum atomic E-state index is -0.775. The first-order chi connectivity index (χ1) is 12.0. The molecule has 128 valence electrons. The zero-order valence-corrected chi connectivity index (χ0v) is 13.6. The molecule has 0 aliphatic rings. The molecular weight excluding hydrogens is 325 g/mol. The topological polar surface area (TPSA) is 68.6 Å². The molecular formula is C19H16FNO4. The van der Waals surface area contributed by atoms with Gasteiger partial charge in [0, 0.05) is 0 Å². The molecule has 1 atom stereocenters. The highest BCUT2D eigenvalue weighted by Crippen LogP contribution is 2.27. The summed E-state index contributed by atoms with van der Waals surface area (Å²) in [4.78, 5) is 11.6. The molecule has 0 spiro atoms. The average molecular weight is 341 g/mol. The number of ether oxygens (including phenoxy) is 3. The Morgan fingerprint density at radius 1 is 1.28 bits per heavy atom. The second-order valence-corrected chi connectivity index (χ2v) is 5.01. The molecule has 5 nitrogen and oxygen atoms in total. The maximum Gasteiger partial charge on any atom is 0.347 e. The first kappa shape index (κ1) is 18.0. The molecule has 0 unspecified atom stereocenters. The van der Waals surface area contributed by atoms with Crippen molar-refractivity contribution in [3.63, 3.8) is 0 Å². The van der Waals surface area contributed by atoms with Gasteiger partial charge in [0.05, 0.1) is 11.6 Å². The summed E-state index contributed by atoms with van der Waals surface area (Å²) in [7, 11) is 0. The molecule has 0 fully saturated rings. The molecule has 0 aliphatic carbocycles. The van der Waals surface area contributed by atoms with Crippen molar-refractivity contribution in [2.24, 2.45) is 0 Å². The van der Waals surface area contributed by atoms with Crippen molar-refractivity contribution in [2.45, 2.75) is 13.0 Å². The maximum absolute atomic E-state index is 13.8. The van der Waals surface area contributed by atoms with Crippen molar-refractivity contribution in [1.82, 2.24) is 0 Å². The smallest absolute Gasteiger partial charge is 0.347 e. The fourth-order valence-electron chi connectivity index (χ4n) is 1.88. The fourth-order valence-corrected chi connectivity index (χ4v) is 1.88. The Bertz CT molecular complexity index is 796. The molecule has 2 aromatic carbocycles. The SMILES string of the molecule is C=CCOC(=O)[C@@H](C)Oc1ccc(Oc2ccc(C#N)cc2F)cc1. The van der Waals surface area contributed by atoms with Gasteiger partial charge in [-0.15, -0.1) is 0 Å². The van der Waals surface area contributed by atoms with Crippen LogP contribution >= 0.6 is 0 Å². The van der Waals surface area contributed by atoms with Crippen LogP contribution in [0.5, 0.6) is 17.2 Å². The van der Waals surface area contributed by atoms with Crippen molar-refractivity contribution in [3.05, 3.63) is 66.5 Å². The Labute approximate surface area is 144 Å². The van der Waals surface area contributed by atoms with E-state index in [2.05, 4.69) is 6.58 Å². The van der Waals surface area contributed by atoms with Gasteiger partial charge in [-0.2, -0.15) is 5.26 Å². The monoisotopic (exact) mass is 341 g/mol. The molecule has 0 aromatic heterocycles. The number of benzene rings is 2. The van der Waals surface area contributed by atoms with Crippen LogP contribution in [0.25, 0.3) is 0 Å². The molecule has 0 amide bonds. The van der Waals surface area contributed by atoms with Crippen LogP contribution in [-0.4, -0.2) is 18.7 Å². The van der Waals surface area contributed by atoms with Crippen LogP contribution < -0.4 is 9.47 Å². The van der Waals surface area contributed by atoms with Crippen molar-refractivity contribution in [2.75, 3.05) is 6.61 Å². The number of halogens is 1. The van der Waals surface area contributed by atoms with Gasteiger partial charge in [0.15, 0.2) is 17.7 Å². The van der Waals surface area contributed by atoms with E-state index in [0.29, 0.717) is 11.5 Å². The second-order valence-electron chi connectivity index (χ2n) is 5.01. The number of nitriles is 1. The fraction of sp³-hybridized carbons (Fsp3) is 0.158. The third-order valence-corrected chi connectivity index (χ3v) is 3.10. The van der Waals surface area contributed by atoms with E-state index >= 15 is 0 Å². The van der Waals surface area contributed by atoms with Gasteiger partial charge in [-0.05, 0) is 49.4 Å². The summed E-state index contributed by atoms with van der Waals surface area (Å²) in [6.45, 7) is 5.15. The summed E-state index contributed by atoms with van der Waals surface area (Å²) in [5.41, 5.74) is 0.214. The third kappa shape index (κ3) is 5.08. The van der Waals surface area contributed by atoms with E-state index in [0.717, 1.165) is 6.07 Å². The van der Waals surface area contributed by atoms with Gasteiger partial charge in [0.25, 0.3) is 0 Å². The quantitative estimate of drug-likeness (QED) is 0.563. The van der Waals surface area contributed by atoms with Gasteiger partial charge in [-0.1, -0.05) is 12.7 Å². The maximum atomic E-state index is 13.8. The lowest BCUT2D eigenvalue weighted by molar-refractivity contribution is -0.149. The van der Waals surface area contributed by atoms with E-state index in [1.165, 1.54) is 18.2 Å². The van der Waals surface area contributed by atoms with Gasteiger partial charge in [-0.3, -0.25) is 0 Å². The zero-order valence-electron chi connectivity index (χ0n) is 13.6. The first-order valence-corrected chi connectivity index (χ1v) is 7.45. The summed E-state index contributed by atoms with van der Waals surface area (Å²) in [5.74, 6) is -0.291. The van der Waals surface area contributed by atoms with Gasteiger partial charge in [-0.25, -0.2) is 9.18 Å². The summed E-state index contributed by atoms with van der Waals surface area (Å²) >= 11 is 0. The van der Waals surface area contributed by atoms with Gasteiger partial charge >= 0.3 is 5.97 Å². The lowest BCUT2D eigenvalue weighted by Crippen LogP contribution is -2.26. The third-order valence-electron chi connectivity index (χ3n) is 3.10. The van der Waals surface area contributed by atoms with Crippen molar-refractivity contribution < 1.29 is 23.4 Å². The van der Waals surface area contributed by atoms with E-state index in [4.69, 9.17) is 19.5 Å². The van der Waals surface area contributed by atoms with Crippen LogP contribution in [-0.2, 0) is 9.53 Å². The first-order valence-electron chi connectivity index (χ1n) is 7.45. The molecule has 2 aromatic rings. The highest BCUT2D eigenvalue weighted by Gasteiger charge is 2.15. The largest absolute Gasteiger partial charge is 0.479 e. The van der Waals surface area contributed by atoms with Crippen LogP contribution in [0.1, 0.15) is 12.5 Å². The van der Waals surface area contributed by atoms with Crippen molar-refractivity contribution >= 4 is 5.97 Å². The second kappa shape index (κ2) is 8.50. The predicted octanol–water partition coefficient (Wildman–Crippen LogP) is 3.99. The van der Waals surface area contributed by atoms with E-state index in [1.807, 2.05) is 6.07 Å². The zero-order chi connectivity index (χ0) is 18.2. The molecule has 0 bridgehead atoms. The molecule has 0 saturated heterocycles. The molecule has 0 aliphatic heterocycles. The minimum Gasteiger partial charge on any atom is -0.479 e. The van der Waals surface area contributed by atoms with Crippen molar-refractivity contribution in [3.8, 4) is 23.3 Å². The Morgan fingerprint density at radius 3 is 2.56 bits per heavy atom. The summed E-state index contributed by atoms with van der Waals surface area (Å²) in [6.07, 6.45) is 0.696. The van der Waals surface area contributed by atoms with Gasteiger partial charge in [0.2, 0.25) is 0 Å². The van der Waals surface area contributed by atoms with E-state index < -0.39 is 17.9 Å². The number of hydrogen-bond donors (Lipinski definition) is 0. The minimum absolute atomic E-state index is 0.00837. The van der Waals surface area contributed by atoms with Crippen LogP contribution in [0.15, 0.2) is 55.1 Å². The van der Waals surface area contributed by atoms with Crippen LogP contribution in [0.2, 0.25) is 0 Å². The Kier molecular flexibility index (Phi) is 6.13. The number of carbonyl (C=O) groups is 1. The molecule has 2 rings (SSSR count). The number of esters is 1. The Hall–Kier alpha value is -3.33. The van der Waals surface area contributed by atoms with Crippen molar-refractivity contribution in [1.29, 1.82) is 5.26 Å². The molecule has 0 heterocycles. The number of rotatable bonds is 7. The number of carbonyl (C=O) groups excluding carboxylic acids is 1. The highest BCUT2D eigenvalue weighted by molar-refractivity contribution is 5.74. The molecule has 0 radical (unpaired) electrons. The lowest BCUT2D eigenvalue weighted by Gasteiger charge is -2.14. The van der Waals surface area contributed by atoms with Gasteiger partial charge < -0.3 is 14.2 Å².